The van der Waals surface area contributed by atoms with Crippen molar-refractivity contribution in [3.63, 3.8) is 0 Å². The van der Waals surface area contributed by atoms with Crippen molar-refractivity contribution in [2.45, 2.75) is 13.0 Å². The van der Waals surface area contributed by atoms with Crippen molar-refractivity contribution in [1.29, 1.82) is 0 Å². The van der Waals surface area contributed by atoms with Gasteiger partial charge in [0.25, 0.3) is 0 Å². The predicted octanol–water partition coefficient (Wildman–Crippen LogP) is 5.31. The van der Waals surface area contributed by atoms with E-state index in [9.17, 15) is 4.39 Å². The maximum Gasteiger partial charge on any atom is 0.123 e. The molecule has 0 aromatic heterocycles. The summed E-state index contributed by atoms with van der Waals surface area (Å²) in [5.41, 5.74) is 1.79. The van der Waals surface area contributed by atoms with Gasteiger partial charge in [-0.05, 0) is 48.9 Å². The van der Waals surface area contributed by atoms with Crippen LogP contribution in [0.2, 0.25) is 10.0 Å². The Morgan fingerprint density at radius 1 is 1.06 bits per heavy atom. The SMILES string of the molecule is CC(Nc1ccc(F)cc1)c1ccc(Cl)cc1Cl. The normalized spacial score (nSPS) is 12.2. The fourth-order valence-corrected chi connectivity index (χ4v) is 2.30. The van der Waals surface area contributed by atoms with Crippen molar-refractivity contribution in [2.24, 2.45) is 0 Å². The van der Waals surface area contributed by atoms with Gasteiger partial charge in [0.05, 0.1) is 0 Å². The molecule has 0 saturated carbocycles. The molecule has 2 aromatic rings. The van der Waals surface area contributed by atoms with Crippen LogP contribution in [-0.2, 0) is 0 Å². The largest absolute Gasteiger partial charge is 0.378 e. The van der Waals surface area contributed by atoms with Gasteiger partial charge in [0.1, 0.15) is 5.82 Å². The van der Waals surface area contributed by atoms with Crippen LogP contribution in [-0.4, -0.2) is 0 Å². The first-order chi connectivity index (χ1) is 8.56. The summed E-state index contributed by atoms with van der Waals surface area (Å²) in [5, 5.41) is 4.48. The molecule has 0 saturated heterocycles. The van der Waals surface area contributed by atoms with E-state index in [1.54, 1.807) is 24.3 Å². The Morgan fingerprint density at radius 2 is 1.72 bits per heavy atom. The minimum absolute atomic E-state index is 0.0141. The van der Waals surface area contributed by atoms with Crippen molar-refractivity contribution in [2.75, 3.05) is 5.32 Å². The molecule has 2 rings (SSSR count). The van der Waals surface area contributed by atoms with Crippen molar-refractivity contribution in [3.05, 3.63) is 63.9 Å². The van der Waals surface area contributed by atoms with Crippen LogP contribution >= 0.6 is 23.2 Å². The number of anilines is 1. The average molecular weight is 284 g/mol. The third-order valence-electron chi connectivity index (χ3n) is 2.66. The highest BCUT2D eigenvalue weighted by atomic mass is 35.5. The lowest BCUT2D eigenvalue weighted by molar-refractivity contribution is 0.628. The van der Waals surface area contributed by atoms with Gasteiger partial charge in [0.15, 0.2) is 0 Å². The summed E-state index contributed by atoms with van der Waals surface area (Å²) in [7, 11) is 0. The van der Waals surface area contributed by atoms with Crippen molar-refractivity contribution in [3.8, 4) is 0 Å². The van der Waals surface area contributed by atoms with E-state index in [1.165, 1.54) is 12.1 Å². The van der Waals surface area contributed by atoms with Crippen molar-refractivity contribution >= 4 is 28.9 Å². The quantitative estimate of drug-likeness (QED) is 0.805. The van der Waals surface area contributed by atoms with Gasteiger partial charge in [-0.3, -0.25) is 0 Å². The van der Waals surface area contributed by atoms with Crippen LogP contribution in [0.4, 0.5) is 10.1 Å². The van der Waals surface area contributed by atoms with Gasteiger partial charge in [-0.1, -0.05) is 29.3 Å². The molecular formula is C14H12Cl2FN. The lowest BCUT2D eigenvalue weighted by Crippen LogP contribution is -2.07. The van der Waals surface area contributed by atoms with E-state index in [0.29, 0.717) is 10.0 Å². The second-order valence-electron chi connectivity index (χ2n) is 4.04. The van der Waals surface area contributed by atoms with Gasteiger partial charge in [-0.25, -0.2) is 4.39 Å². The van der Waals surface area contributed by atoms with Gasteiger partial charge in [-0.15, -0.1) is 0 Å². The Morgan fingerprint density at radius 3 is 2.33 bits per heavy atom. The predicted molar refractivity (Wildman–Crippen MR) is 74.9 cm³/mol. The molecule has 0 heterocycles. The molecule has 0 aliphatic rings. The lowest BCUT2D eigenvalue weighted by atomic mass is 10.1. The minimum Gasteiger partial charge on any atom is -0.378 e. The Bertz CT molecular complexity index is 540. The molecule has 0 radical (unpaired) electrons. The van der Waals surface area contributed by atoms with Crippen LogP contribution in [0.1, 0.15) is 18.5 Å². The summed E-state index contributed by atoms with van der Waals surface area (Å²) < 4.78 is 12.8. The molecule has 0 bridgehead atoms. The standard InChI is InChI=1S/C14H12Cl2FN/c1-9(13-7-2-10(15)8-14(13)16)18-12-5-3-11(17)4-6-12/h2-9,18H,1H3. The summed E-state index contributed by atoms with van der Waals surface area (Å²) >= 11 is 12.0. The van der Waals surface area contributed by atoms with Crippen LogP contribution in [0.3, 0.4) is 0 Å². The summed E-state index contributed by atoms with van der Waals surface area (Å²) in [4.78, 5) is 0. The zero-order chi connectivity index (χ0) is 13.1. The Hall–Kier alpha value is -1.25. The zero-order valence-corrected chi connectivity index (χ0v) is 11.3. The first-order valence-corrected chi connectivity index (χ1v) is 6.29. The fraction of sp³-hybridized carbons (Fsp3) is 0.143. The summed E-state index contributed by atoms with van der Waals surface area (Å²) in [6.07, 6.45) is 0. The highest BCUT2D eigenvalue weighted by Crippen LogP contribution is 2.28. The average Bonchev–Trinajstić information content (AvgIpc) is 2.32. The molecule has 1 nitrogen and oxygen atoms in total. The fourth-order valence-electron chi connectivity index (χ4n) is 1.73. The Kier molecular flexibility index (Phi) is 4.10. The molecule has 0 amide bonds. The number of hydrogen-bond donors (Lipinski definition) is 1. The Labute approximate surface area is 116 Å². The summed E-state index contributed by atoms with van der Waals surface area (Å²) in [5.74, 6) is -0.252. The van der Waals surface area contributed by atoms with Gasteiger partial charge >= 0.3 is 0 Å². The maximum absolute atomic E-state index is 12.8. The van der Waals surface area contributed by atoms with Gasteiger partial charge in [0.2, 0.25) is 0 Å². The van der Waals surface area contributed by atoms with Crippen LogP contribution < -0.4 is 5.32 Å². The molecule has 0 spiro atoms. The third-order valence-corrected chi connectivity index (χ3v) is 3.22. The van der Waals surface area contributed by atoms with Crippen LogP contribution in [0.25, 0.3) is 0 Å². The van der Waals surface area contributed by atoms with Gasteiger partial charge < -0.3 is 5.32 Å². The van der Waals surface area contributed by atoms with E-state index in [2.05, 4.69) is 5.32 Å². The third kappa shape index (κ3) is 3.15. The molecule has 18 heavy (non-hydrogen) atoms. The van der Waals surface area contributed by atoms with Gasteiger partial charge in [0, 0.05) is 21.8 Å². The molecule has 0 aliphatic heterocycles. The molecule has 0 fully saturated rings. The molecule has 1 atom stereocenters. The molecule has 2 aromatic carbocycles. The van der Waals surface area contributed by atoms with E-state index in [0.717, 1.165) is 11.3 Å². The van der Waals surface area contributed by atoms with Crippen molar-refractivity contribution in [1.82, 2.24) is 0 Å². The summed E-state index contributed by atoms with van der Waals surface area (Å²) in [6, 6.07) is 11.6. The monoisotopic (exact) mass is 283 g/mol. The minimum atomic E-state index is -0.252. The second-order valence-corrected chi connectivity index (χ2v) is 4.88. The molecule has 94 valence electrons. The van der Waals surface area contributed by atoms with E-state index < -0.39 is 0 Å². The highest BCUT2D eigenvalue weighted by Gasteiger charge is 2.09. The first kappa shape index (κ1) is 13.2. The number of rotatable bonds is 3. The Balaban J connectivity index is 2.16. The molecule has 1 unspecified atom stereocenters. The topological polar surface area (TPSA) is 12.0 Å². The lowest BCUT2D eigenvalue weighted by Gasteiger charge is -2.17. The summed E-state index contributed by atoms with van der Waals surface area (Å²) in [6.45, 7) is 1.98. The van der Waals surface area contributed by atoms with E-state index in [-0.39, 0.29) is 11.9 Å². The van der Waals surface area contributed by atoms with E-state index in [4.69, 9.17) is 23.2 Å². The number of halogens is 3. The smallest absolute Gasteiger partial charge is 0.123 e. The maximum atomic E-state index is 12.8. The molecule has 1 N–H and O–H groups in total. The van der Waals surface area contributed by atoms with Crippen LogP contribution in [0.15, 0.2) is 42.5 Å². The first-order valence-electron chi connectivity index (χ1n) is 5.53. The highest BCUT2D eigenvalue weighted by molar-refractivity contribution is 6.35. The van der Waals surface area contributed by atoms with Crippen LogP contribution in [0.5, 0.6) is 0 Å². The zero-order valence-electron chi connectivity index (χ0n) is 9.75. The van der Waals surface area contributed by atoms with E-state index >= 15 is 0 Å². The van der Waals surface area contributed by atoms with Crippen molar-refractivity contribution < 1.29 is 4.39 Å². The molecule has 0 aliphatic carbocycles. The number of hydrogen-bond acceptors (Lipinski definition) is 1. The molecule has 4 heteroatoms. The second kappa shape index (κ2) is 5.59. The van der Waals surface area contributed by atoms with Gasteiger partial charge in [-0.2, -0.15) is 0 Å². The van der Waals surface area contributed by atoms with Crippen LogP contribution in [0, 0.1) is 5.82 Å². The number of benzene rings is 2. The van der Waals surface area contributed by atoms with E-state index in [1.807, 2.05) is 13.0 Å². The molecular weight excluding hydrogens is 272 g/mol. The number of nitrogens with one attached hydrogen (secondary N) is 1.